The van der Waals surface area contributed by atoms with Crippen LogP contribution in [0.3, 0.4) is 0 Å². The highest BCUT2D eigenvalue weighted by Crippen LogP contribution is 2.44. The fourth-order valence-corrected chi connectivity index (χ4v) is 3.28. The molecule has 0 aromatic heterocycles. The number of rotatable bonds is 1. The molecular weight excluding hydrogens is 212 g/mol. The zero-order valence-electron chi connectivity index (χ0n) is 11.3. The third-order valence-electron chi connectivity index (χ3n) is 3.99. The number of ether oxygens (including phenoxy) is 1. The van der Waals surface area contributed by atoms with Crippen LogP contribution in [-0.4, -0.2) is 12.1 Å². The van der Waals surface area contributed by atoms with E-state index in [0.29, 0.717) is 0 Å². The lowest BCUT2D eigenvalue weighted by molar-refractivity contribution is -0.143. The van der Waals surface area contributed by atoms with Crippen LogP contribution >= 0.6 is 0 Å². The molecule has 17 heavy (non-hydrogen) atoms. The molecule has 94 valence electrons. The summed E-state index contributed by atoms with van der Waals surface area (Å²) in [7, 11) is 0. The standard InChI is InChI=1S/C15H22O2/c1-10-8-12(17-13(16)9-10)14-11(2)6-5-7-15(14,3)4/h9,12H,5-8H2,1-4H3. The Labute approximate surface area is 104 Å². The molecule has 0 aromatic rings. The first-order valence-corrected chi connectivity index (χ1v) is 6.48. The zero-order valence-corrected chi connectivity index (χ0v) is 11.3. The van der Waals surface area contributed by atoms with Gasteiger partial charge in [-0.15, -0.1) is 0 Å². The minimum atomic E-state index is -0.180. The smallest absolute Gasteiger partial charge is 0.331 e. The number of carbonyl (C=O) groups is 1. The van der Waals surface area contributed by atoms with Crippen LogP contribution in [0.4, 0.5) is 0 Å². The molecule has 1 unspecified atom stereocenters. The van der Waals surface area contributed by atoms with E-state index in [2.05, 4.69) is 20.8 Å². The Morgan fingerprint density at radius 3 is 2.65 bits per heavy atom. The Morgan fingerprint density at radius 1 is 1.35 bits per heavy atom. The fraction of sp³-hybridized carbons (Fsp3) is 0.667. The third-order valence-corrected chi connectivity index (χ3v) is 3.99. The topological polar surface area (TPSA) is 26.3 Å². The van der Waals surface area contributed by atoms with Gasteiger partial charge in [-0.1, -0.05) is 25.0 Å². The molecule has 2 nitrogen and oxygen atoms in total. The van der Waals surface area contributed by atoms with Crippen LogP contribution in [0.2, 0.25) is 0 Å². The second-order valence-electron chi connectivity index (χ2n) is 6.05. The van der Waals surface area contributed by atoms with Gasteiger partial charge in [0.2, 0.25) is 0 Å². The van der Waals surface area contributed by atoms with E-state index in [9.17, 15) is 4.79 Å². The Balaban J connectivity index is 2.33. The quantitative estimate of drug-likeness (QED) is 0.510. The molecule has 0 amide bonds. The highest BCUT2D eigenvalue weighted by molar-refractivity contribution is 5.84. The van der Waals surface area contributed by atoms with Gasteiger partial charge in [-0.3, -0.25) is 0 Å². The van der Waals surface area contributed by atoms with Gasteiger partial charge < -0.3 is 4.74 Å². The summed E-state index contributed by atoms with van der Waals surface area (Å²) in [6.07, 6.45) is 6.04. The van der Waals surface area contributed by atoms with E-state index in [-0.39, 0.29) is 17.5 Å². The van der Waals surface area contributed by atoms with Gasteiger partial charge in [0.15, 0.2) is 0 Å². The van der Waals surface area contributed by atoms with Crippen molar-refractivity contribution in [1.82, 2.24) is 0 Å². The second kappa shape index (κ2) is 4.32. The summed E-state index contributed by atoms with van der Waals surface area (Å²) in [4.78, 5) is 11.5. The molecule has 2 rings (SSSR count). The van der Waals surface area contributed by atoms with Gasteiger partial charge in [-0.05, 0) is 44.1 Å². The second-order valence-corrected chi connectivity index (χ2v) is 6.05. The van der Waals surface area contributed by atoms with Crippen molar-refractivity contribution in [1.29, 1.82) is 0 Å². The van der Waals surface area contributed by atoms with Gasteiger partial charge in [-0.25, -0.2) is 4.79 Å². The van der Waals surface area contributed by atoms with Crippen LogP contribution in [0.15, 0.2) is 22.8 Å². The molecule has 2 aliphatic rings. The first-order valence-electron chi connectivity index (χ1n) is 6.48. The van der Waals surface area contributed by atoms with E-state index in [4.69, 9.17) is 4.74 Å². The maximum absolute atomic E-state index is 11.5. The summed E-state index contributed by atoms with van der Waals surface area (Å²) in [5.74, 6) is -0.180. The number of hydrogen-bond donors (Lipinski definition) is 0. The van der Waals surface area contributed by atoms with Gasteiger partial charge in [0, 0.05) is 12.5 Å². The molecule has 0 fully saturated rings. The number of carbonyl (C=O) groups excluding carboxylic acids is 1. The lowest BCUT2D eigenvalue weighted by Crippen LogP contribution is -2.34. The minimum Gasteiger partial charge on any atom is -0.454 e. The molecule has 2 heteroatoms. The third kappa shape index (κ3) is 2.46. The minimum absolute atomic E-state index is 0.0252. The van der Waals surface area contributed by atoms with Crippen LogP contribution in [0.25, 0.3) is 0 Å². The van der Waals surface area contributed by atoms with E-state index in [1.54, 1.807) is 6.08 Å². The average molecular weight is 234 g/mol. The molecule has 1 atom stereocenters. The number of hydrogen-bond acceptors (Lipinski definition) is 2. The van der Waals surface area contributed by atoms with Crippen molar-refractivity contribution in [3.63, 3.8) is 0 Å². The van der Waals surface area contributed by atoms with Crippen molar-refractivity contribution in [3.8, 4) is 0 Å². The molecule has 0 bridgehead atoms. The van der Waals surface area contributed by atoms with E-state index in [1.165, 1.54) is 24.0 Å². The molecule has 1 aliphatic heterocycles. The maximum atomic E-state index is 11.5. The maximum Gasteiger partial charge on any atom is 0.331 e. The first kappa shape index (κ1) is 12.4. The molecule has 0 spiro atoms. The molecular formula is C15H22O2. The van der Waals surface area contributed by atoms with E-state index >= 15 is 0 Å². The Hall–Kier alpha value is -1.05. The molecule has 0 saturated heterocycles. The predicted molar refractivity (Wildman–Crippen MR) is 68.6 cm³/mol. The predicted octanol–water partition coefficient (Wildman–Crippen LogP) is 3.77. The molecule has 1 aliphatic carbocycles. The molecule has 1 heterocycles. The summed E-state index contributed by atoms with van der Waals surface area (Å²) in [5, 5.41) is 0. The van der Waals surface area contributed by atoms with Crippen LogP contribution in [-0.2, 0) is 9.53 Å². The molecule has 0 aromatic carbocycles. The Kier molecular flexibility index (Phi) is 3.15. The van der Waals surface area contributed by atoms with Crippen LogP contribution < -0.4 is 0 Å². The van der Waals surface area contributed by atoms with Crippen LogP contribution in [0.5, 0.6) is 0 Å². The summed E-state index contributed by atoms with van der Waals surface area (Å²) in [5.41, 5.74) is 4.09. The van der Waals surface area contributed by atoms with Gasteiger partial charge >= 0.3 is 5.97 Å². The largest absolute Gasteiger partial charge is 0.454 e. The van der Waals surface area contributed by atoms with Gasteiger partial charge in [-0.2, -0.15) is 0 Å². The Morgan fingerprint density at radius 2 is 2.06 bits per heavy atom. The van der Waals surface area contributed by atoms with Gasteiger partial charge in [0.1, 0.15) is 6.10 Å². The average Bonchev–Trinajstić information content (AvgIpc) is 2.13. The number of allylic oxidation sites excluding steroid dienone is 1. The normalized spacial score (nSPS) is 28.8. The monoisotopic (exact) mass is 234 g/mol. The van der Waals surface area contributed by atoms with Crippen molar-refractivity contribution >= 4 is 5.97 Å². The lowest BCUT2D eigenvalue weighted by Gasteiger charge is -2.39. The van der Waals surface area contributed by atoms with Crippen molar-refractivity contribution in [3.05, 3.63) is 22.8 Å². The number of cyclic esters (lactones) is 1. The summed E-state index contributed by atoms with van der Waals surface area (Å²) in [6, 6.07) is 0. The van der Waals surface area contributed by atoms with Crippen LogP contribution in [0, 0.1) is 5.41 Å². The van der Waals surface area contributed by atoms with Crippen molar-refractivity contribution in [2.24, 2.45) is 5.41 Å². The fourth-order valence-electron chi connectivity index (χ4n) is 3.28. The first-order chi connectivity index (χ1) is 7.90. The molecule has 0 N–H and O–H groups in total. The summed E-state index contributed by atoms with van der Waals surface area (Å²) >= 11 is 0. The van der Waals surface area contributed by atoms with Gasteiger partial charge in [0.05, 0.1) is 0 Å². The summed E-state index contributed by atoms with van der Waals surface area (Å²) < 4.78 is 5.53. The number of esters is 1. The Bertz CT molecular complexity index is 399. The van der Waals surface area contributed by atoms with Crippen molar-refractivity contribution < 1.29 is 9.53 Å². The van der Waals surface area contributed by atoms with Crippen LogP contribution in [0.1, 0.15) is 53.4 Å². The van der Waals surface area contributed by atoms with Gasteiger partial charge in [0.25, 0.3) is 0 Å². The van der Waals surface area contributed by atoms with E-state index < -0.39 is 0 Å². The highest BCUT2D eigenvalue weighted by atomic mass is 16.5. The van der Waals surface area contributed by atoms with E-state index in [1.807, 2.05) is 6.92 Å². The highest BCUT2D eigenvalue weighted by Gasteiger charge is 2.36. The van der Waals surface area contributed by atoms with Crippen molar-refractivity contribution in [2.75, 3.05) is 0 Å². The lowest BCUT2D eigenvalue weighted by atomic mass is 9.69. The zero-order chi connectivity index (χ0) is 12.6. The van der Waals surface area contributed by atoms with E-state index in [0.717, 1.165) is 18.4 Å². The van der Waals surface area contributed by atoms with Crippen molar-refractivity contribution in [2.45, 2.75) is 59.5 Å². The SMILES string of the molecule is CC1=CC(=O)OC(C2=C(C)CCCC2(C)C)C1. The summed E-state index contributed by atoms with van der Waals surface area (Å²) in [6.45, 7) is 8.75. The molecule has 0 radical (unpaired) electrons. The molecule has 0 saturated carbocycles.